The minimum atomic E-state index is -3.23. The Bertz CT molecular complexity index is 742. The van der Waals surface area contributed by atoms with Gasteiger partial charge in [0.2, 0.25) is 5.88 Å². The van der Waals surface area contributed by atoms with Crippen molar-refractivity contribution in [1.29, 1.82) is 0 Å². The van der Waals surface area contributed by atoms with Gasteiger partial charge in [0, 0.05) is 31.6 Å². The lowest BCUT2D eigenvalue weighted by molar-refractivity contribution is 0.0887. The van der Waals surface area contributed by atoms with Crippen molar-refractivity contribution in [2.45, 2.75) is 37.5 Å². The number of nitrogens with zero attached hydrogens (tertiary/aromatic N) is 2. The first kappa shape index (κ1) is 19.9. The summed E-state index contributed by atoms with van der Waals surface area (Å²) >= 11 is 0. The van der Waals surface area contributed by atoms with Crippen molar-refractivity contribution >= 4 is 15.9 Å². The van der Waals surface area contributed by atoms with Crippen LogP contribution >= 0.6 is 0 Å². The van der Waals surface area contributed by atoms with Crippen LogP contribution in [0.1, 0.15) is 32.6 Å². The molecule has 0 N–H and O–H groups in total. The number of hydrogen-bond acceptors (Lipinski definition) is 6. The Hall–Kier alpha value is -1.83. The predicted molar refractivity (Wildman–Crippen MR) is 100 cm³/mol. The molecule has 2 aliphatic rings. The fraction of sp³-hybridized carbons (Fsp3) is 0.684. The quantitative estimate of drug-likeness (QED) is 0.704. The average molecular weight is 397 g/mol. The molecule has 2 atom stereocenters. The lowest BCUT2D eigenvalue weighted by Crippen LogP contribution is -2.39. The standard InChI is InChI=1S/C19H28N2O5S/c1-3-25-19(22)21-9-6-14(7-10-21)17-12-15(17)8-11-26-18-5-4-16(13-20-18)27(2,23)24/h4-5,13-15,17H,3,6-12H2,1-2H3. The number of likely N-dealkylation sites (tertiary alicyclic amines) is 1. The molecule has 8 heteroatoms. The average Bonchev–Trinajstić information content (AvgIpc) is 3.41. The van der Waals surface area contributed by atoms with E-state index in [0.29, 0.717) is 30.9 Å². The van der Waals surface area contributed by atoms with Crippen LogP contribution in [0.5, 0.6) is 5.88 Å². The van der Waals surface area contributed by atoms with Gasteiger partial charge < -0.3 is 14.4 Å². The molecular weight excluding hydrogens is 368 g/mol. The number of carbonyl (C=O) groups excluding carboxylic acids is 1. The van der Waals surface area contributed by atoms with E-state index in [2.05, 4.69) is 4.98 Å². The van der Waals surface area contributed by atoms with Crippen LogP contribution in [0, 0.1) is 17.8 Å². The predicted octanol–water partition coefficient (Wildman–Crippen LogP) is 2.76. The molecule has 150 valence electrons. The van der Waals surface area contributed by atoms with Gasteiger partial charge in [-0.25, -0.2) is 18.2 Å². The monoisotopic (exact) mass is 396 g/mol. The van der Waals surface area contributed by atoms with Crippen molar-refractivity contribution in [2.75, 3.05) is 32.6 Å². The maximum absolute atomic E-state index is 11.8. The van der Waals surface area contributed by atoms with Crippen LogP contribution in [0.3, 0.4) is 0 Å². The Morgan fingerprint density at radius 3 is 2.63 bits per heavy atom. The van der Waals surface area contributed by atoms with Crippen LogP contribution in [0.2, 0.25) is 0 Å². The zero-order valence-electron chi connectivity index (χ0n) is 16.0. The fourth-order valence-electron chi connectivity index (χ4n) is 3.89. The van der Waals surface area contributed by atoms with Crippen molar-refractivity contribution in [3.63, 3.8) is 0 Å². The van der Waals surface area contributed by atoms with Gasteiger partial charge >= 0.3 is 6.09 Å². The van der Waals surface area contributed by atoms with Crippen molar-refractivity contribution in [2.24, 2.45) is 17.8 Å². The topological polar surface area (TPSA) is 85.8 Å². The van der Waals surface area contributed by atoms with E-state index in [4.69, 9.17) is 9.47 Å². The summed E-state index contributed by atoms with van der Waals surface area (Å²) in [6.45, 7) is 4.43. The molecule has 2 fully saturated rings. The Balaban J connectivity index is 1.35. The van der Waals surface area contributed by atoms with E-state index in [9.17, 15) is 13.2 Å². The lowest BCUT2D eigenvalue weighted by Gasteiger charge is -2.31. The molecule has 3 rings (SSSR count). The maximum Gasteiger partial charge on any atom is 0.409 e. The highest BCUT2D eigenvalue weighted by molar-refractivity contribution is 7.90. The number of ether oxygens (including phenoxy) is 2. The molecule has 1 saturated carbocycles. The third-order valence-electron chi connectivity index (χ3n) is 5.52. The Labute approximate surface area is 161 Å². The maximum atomic E-state index is 11.8. The molecular formula is C19H28N2O5S. The normalized spacial score (nSPS) is 23.1. The molecule has 1 aromatic heterocycles. The number of pyridine rings is 1. The molecule has 1 saturated heterocycles. The molecule has 1 aliphatic heterocycles. The summed E-state index contributed by atoms with van der Waals surface area (Å²) in [5.74, 6) is 2.56. The van der Waals surface area contributed by atoms with Crippen LogP contribution < -0.4 is 4.74 Å². The van der Waals surface area contributed by atoms with Gasteiger partial charge in [-0.1, -0.05) is 0 Å². The molecule has 1 amide bonds. The second kappa shape index (κ2) is 8.46. The van der Waals surface area contributed by atoms with E-state index in [1.54, 1.807) is 6.07 Å². The van der Waals surface area contributed by atoms with E-state index >= 15 is 0 Å². The minimum absolute atomic E-state index is 0.189. The molecule has 7 nitrogen and oxygen atoms in total. The Morgan fingerprint density at radius 2 is 2.04 bits per heavy atom. The summed E-state index contributed by atoms with van der Waals surface area (Å²) in [7, 11) is -3.23. The molecule has 2 heterocycles. The van der Waals surface area contributed by atoms with Crippen LogP contribution in [-0.4, -0.2) is 57.0 Å². The fourth-order valence-corrected chi connectivity index (χ4v) is 4.45. The molecule has 0 bridgehead atoms. The number of amides is 1. The summed E-state index contributed by atoms with van der Waals surface area (Å²) in [6.07, 6.45) is 6.62. The largest absolute Gasteiger partial charge is 0.478 e. The highest BCUT2D eigenvalue weighted by Crippen LogP contribution is 2.49. The van der Waals surface area contributed by atoms with E-state index in [0.717, 1.165) is 44.5 Å². The van der Waals surface area contributed by atoms with Gasteiger partial charge in [0.1, 0.15) is 0 Å². The molecule has 27 heavy (non-hydrogen) atoms. The van der Waals surface area contributed by atoms with Crippen molar-refractivity contribution in [3.8, 4) is 5.88 Å². The van der Waals surface area contributed by atoms with Gasteiger partial charge in [-0.05, 0) is 56.4 Å². The summed E-state index contributed by atoms with van der Waals surface area (Å²) in [4.78, 5) is 17.8. The van der Waals surface area contributed by atoms with Crippen molar-refractivity contribution in [3.05, 3.63) is 18.3 Å². The van der Waals surface area contributed by atoms with Crippen LogP contribution in [-0.2, 0) is 14.6 Å². The van der Waals surface area contributed by atoms with Crippen LogP contribution in [0.15, 0.2) is 23.2 Å². The number of hydrogen-bond donors (Lipinski definition) is 0. The summed E-state index contributed by atoms with van der Waals surface area (Å²) in [5, 5.41) is 0. The van der Waals surface area contributed by atoms with Gasteiger partial charge in [0.15, 0.2) is 9.84 Å². The first-order valence-corrected chi connectivity index (χ1v) is 11.5. The van der Waals surface area contributed by atoms with Crippen LogP contribution in [0.4, 0.5) is 4.79 Å². The summed E-state index contributed by atoms with van der Waals surface area (Å²) in [6, 6.07) is 3.13. The van der Waals surface area contributed by atoms with Crippen molar-refractivity contribution in [1.82, 2.24) is 9.88 Å². The van der Waals surface area contributed by atoms with Gasteiger partial charge in [0.25, 0.3) is 0 Å². The number of rotatable bonds is 7. The zero-order valence-corrected chi connectivity index (χ0v) is 16.8. The second-order valence-corrected chi connectivity index (χ2v) is 9.44. The molecule has 1 aliphatic carbocycles. The van der Waals surface area contributed by atoms with Gasteiger partial charge in [-0.2, -0.15) is 0 Å². The number of aromatic nitrogens is 1. The minimum Gasteiger partial charge on any atom is -0.478 e. The van der Waals surface area contributed by atoms with E-state index in [1.165, 1.54) is 18.7 Å². The number of carbonyl (C=O) groups is 1. The highest BCUT2D eigenvalue weighted by Gasteiger charge is 2.43. The highest BCUT2D eigenvalue weighted by atomic mass is 32.2. The molecule has 0 radical (unpaired) electrons. The molecule has 2 unspecified atom stereocenters. The third-order valence-corrected chi connectivity index (χ3v) is 6.62. The molecule has 0 spiro atoms. The van der Waals surface area contributed by atoms with Crippen LogP contribution in [0.25, 0.3) is 0 Å². The Morgan fingerprint density at radius 1 is 1.30 bits per heavy atom. The second-order valence-electron chi connectivity index (χ2n) is 7.42. The smallest absolute Gasteiger partial charge is 0.409 e. The third kappa shape index (κ3) is 5.34. The summed E-state index contributed by atoms with van der Waals surface area (Å²) < 4.78 is 33.6. The Kier molecular flexibility index (Phi) is 6.24. The first-order chi connectivity index (χ1) is 12.9. The van der Waals surface area contributed by atoms with Crippen molar-refractivity contribution < 1.29 is 22.7 Å². The zero-order chi connectivity index (χ0) is 19.4. The lowest BCUT2D eigenvalue weighted by atomic mass is 9.91. The number of sulfone groups is 1. The van der Waals surface area contributed by atoms with E-state index < -0.39 is 9.84 Å². The SMILES string of the molecule is CCOC(=O)N1CCC(C2CC2CCOc2ccc(S(C)(=O)=O)cn2)CC1. The van der Waals surface area contributed by atoms with E-state index in [1.807, 2.05) is 11.8 Å². The first-order valence-electron chi connectivity index (χ1n) is 9.59. The van der Waals surface area contributed by atoms with E-state index in [-0.39, 0.29) is 11.0 Å². The van der Waals surface area contributed by atoms with Gasteiger partial charge in [0.05, 0.1) is 18.1 Å². The van der Waals surface area contributed by atoms with Gasteiger partial charge in [-0.15, -0.1) is 0 Å². The molecule has 0 aromatic carbocycles. The van der Waals surface area contributed by atoms with Gasteiger partial charge in [-0.3, -0.25) is 0 Å². The number of piperidine rings is 1. The molecule has 1 aromatic rings. The summed E-state index contributed by atoms with van der Waals surface area (Å²) in [5.41, 5.74) is 0.